The van der Waals surface area contributed by atoms with Crippen LogP contribution in [0.25, 0.3) is 0 Å². The zero-order valence-electron chi connectivity index (χ0n) is 12.3. The van der Waals surface area contributed by atoms with Gasteiger partial charge in [-0.2, -0.15) is 0 Å². The average Bonchev–Trinajstić information content (AvgIpc) is 2.43. The molecule has 114 valence electrons. The van der Waals surface area contributed by atoms with E-state index in [9.17, 15) is 9.18 Å². The summed E-state index contributed by atoms with van der Waals surface area (Å²) in [6.45, 7) is 4.54. The predicted octanol–water partition coefficient (Wildman–Crippen LogP) is 1.71. The molecule has 21 heavy (non-hydrogen) atoms. The molecule has 0 bridgehead atoms. The molecule has 1 amide bonds. The monoisotopic (exact) mass is 293 g/mol. The van der Waals surface area contributed by atoms with Gasteiger partial charge < -0.3 is 15.2 Å². The molecule has 1 aromatic rings. The van der Waals surface area contributed by atoms with E-state index in [0.717, 1.165) is 0 Å². The largest absolute Gasteiger partial charge is 0.395 e. The molecule has 1 aromatic carbocycles. The van der Waals surface area contributed by atoms with Crippen LogP contribution in [0.3, 0.4) is 0 Å². The summed E-state index contributed by atoms with van der Waals surface area (Å²) in [6, 6.07) is 3.83. The molecular formula is C16H20FNO3. The van der Waals surface area contributed by atoms with E-state index in [-0.39, 0.29) is 25.0 Å². The maximum Gasteiger partial charge on any atom is 0.252 e. The van der Waals surface area contributed by atoms with Crippen molar-refractivity contribution in [2.75, 3.05) is 19.8 Å². The Labute approximate surface area is 124 Å². The first-order valence-electron chi connectivity index (χ1n) is 6.83. The number of aliphatic hydroxyl groups excluding tert-OH is 1. The van der Waals surface area contributed by atoms with Crippen LogP contribution in [0, 0.1) is 17.7 Å². The molecule has 0 heterocycles. The van der Waals surface area contributed by atoms with Gasteiger partial charge in [0.2, 0.25) is 0 Å². The van der Waals surface area contributed by atoms with E-state index >= 15 is 0 Å². The summed E-state index contributed by atoms with van der Waals surface area (Å²) < 4.78 is 18.6. The van der Waals surface area contributed by atoms with E-state index in [2.05, 4.69) is 17.2 Å². The Morgan fingerprint density at radius 1 is 1.48 bits per heavy atom. The molecule has 0 atom stereocenters. The Balaban J connectivity index is 2.72. The first-order chi connectivity index (χ1) is 10.0. The molecule has 4 nitrogen and oxygen atoms in total. The summed E-state index contributed by atoms with van der Waals surface area (Å²) in [6.07, 6.45) is 0.382. The number of carbonyl (C=O) groups is 1. The second-order valence-electron chi connectivity index (χ2n) is 4.64. The van der Waals surface area contributed by atoms with Crippen LogP contribution in [0.5, 0.6) is 0 Å². The lowest BCUT2D eigenvalue weighted by molar-refractivity contribution is 0.0746. The minimum Gasteiger partial charge on any atom is -0.395 e. The van der Waals surface area contributed by atoms with Gasteiger partial charge in [-0.05, 0) is 32.0 Å². The number of hydrogen-bond acceptors (Lipinski definition) is 3. The number of amides is 1. The van der Waals surface area contributed by atoms with Crippen molar-refractivity contribution in [3.05, 3.63) is 35.1 Å². The van der Waals surface area contributed by atoms with Crippen LogP contribution in [-0.4, -0.2) is 36.9 Å². The van der Waals surface area contributed by atoms with Crippen molar-refractivity contribution >= 4 is 5.91 Å². The molecule has 0 fully saturated rings. The van der Waals surface area contributed by atoms with E-state index in [0.29, 0.717) is 24.3 Å². The molecule has 0 aliphatic carbocycles. The zero-order valence-corrected chi connectivity index (χ0v) is 12.3. The molecule has 0 radical (unpaired) electrons. The van der Waals surface area contributed by atoms with Gasteiger partial charge in [-0.3, -0.25) is 4.79 Å². The third-order valence-corrected chi connectivity index (χ3v) is 2.52. The van der Waals surface area contributed by atoms with Crippen molar-refractivity contribution in [2.24, 2.45) is 0 Å². The van der Waals surface area contributed by atoms with E-state index in [1.165, 1.54) is 18.2 Å². The van der Waals surface area contributed by atoms with Crippen molar-refractivity contribution in [3.8, 4) is 11.8 Å². The lowest BCUT2D eigenvalue weighted by atomic mass is 10.1. The van der Waals surface area contributed by atoms with Gasteiger partial charge >= 0.3 is 0 Å². The standard InChI is InChI=1S/C16H20FNO3/c1-12(2)21-10-8-18-16(20)15-7-6-14(17)11-13(15)5-3-4-9-19/h6-7,11-12,19H,4,8-10H2,1-2H3,(H,18,20). The smallest absolute Gasteiger partial charge is 0.252 e. The van der Waals surface area contributed by atoms with Crippen molar-refractivity contribution in [2.45, 2.75) is 26.4 Å². The number of carbonyl (C=O) groups excluding carboxylic acids is 1. The summed E-state index contributed by atoms with van der Waals surface area (Å²) >= 11 is 0. The van der Waals surface area contributed by atoms with Gasteiger partial charge in [0, 0.05) is 18.5 Å². The van der Waals surface area contributed by atoms with E-state index in [1.54, 1.807) is 0 Å². The van der Waals surface area contributed by atoms with Crippen molar-refractivity contribution < 1.29 is 19.0 Å². The first kappa shape index (κ1) is 17.2. The number of ether oxygens (including phenoxy) is 1. The Kier molecular flexibility index (Phi) is 7.44. The first-order valence-corrected chi connectivity index (χ1v) is 6.83. The van der Waals surface area contributed by atoms with E-state index in [4.69, 9.17) is 9.84 Å². The molecule has 0 unspecified atom stereocenters. The molecule has 5 heteroatoms. The molecule has 0 aliphatic rings. The highest BCUT2D eigenvalue weighted by molar-refractivity contribution is 5.96. The van der Waals surface area contributed by atoms with Crippen LogP contribution in [0.2, 0.25) is 0 Å². The van der Waals surface area contributed by atoms with Gasteiger partial charge in [0.05, 0.1) is 24.9 Å². The second-order valence-corrected chi connectivity index (χ2v) is 4.64. The van der Waals surface area contributed by atoms with Crippen LogP contribution in [0.4, 0.5) is 4.39 Å². The highest BCUT2D eigenvalue weighted by atomic mass is 19.1. The minimum atomic E-state index is -0.456. The number of nitrogens with one attached hydrogen (secondary N) is 1. The topological polar surface area (TPSA) is 58.6 Å². The Hall–Kier alpha value is -1.90. The van der Waals surface area contributed by atoms with Gasteiger partial charge in [0.15, 0.2) is 0 Å². The third kappa shape index (κ3) is 6.39. The lowest BCUT2D eigenvalue weighted by Crippen LogP contribution is -2.28. The molecular weight excluding hydrogens is 273 g/mol. The summed E-state index contributed by atoms with van der Waals surface area (Å²) in [4.78, 5) is 12.0. The molecule has 0 saturated carbocycles. The number of halogens is 1. The minimum absolute atomic E-state index is 0.0730. The highest BCUT2D eigenvalue weighted by Crippen LogP contribution is 2.10. The second kappa shape index (κ2) is 9.11. The highest BCUT2D eigenvalue weighted by Gasteiger charge is 2.10. The van der Waals surface area contributed by atoms with Crippen molar-refractivity contribution in [1.82, 2.24) is 5.32 Å². The summed E-state index contributed by atoms with van der Waals surface area (Å²) in [5.74, 6) is 4.61. The maximum absolute atomic E-state index is 13.2. The van der Waals surface area contributed by atoms with Gasteiger partial charge in [0.1, 0.15) is 5.82 Å². The Morgan fingerprint density at radius 2 is 2.24 bits per heavy atom. The van der Waals surface area contributed by atoms with E-state index < -0.39 is 5.82 Å². The molecule has 0 aromatic heterocycles. The maximum atomic E-state index is 13.2. The summed E-state index contributed by atoms with van der Waals surface area (Å²) in [5, 5.41) is 11.4. The van der Waals surface area contributed by atoms with Gasteiger partial charge in [-0.25, -0.2) is 4.39 Å². The molecule has 0 spiro atoms. The number of rotatable bonds is 6. The SMILES string of the molecule is CC(C)OCCNC(=O)c1ccc(F)cc1C#CCCO. The van der Waals surface area contributed by atoms with Gasteiger partial charge in [-0.1, -0.05) is 11.8 Å². The third-order valence-electron chi connectivity index (χ3n) is 2.52. The normalized spacial score (nSPS) is 10.1. The van der Waals surface area contributed by atoms with Crippen LogP contribution < -0.4 is 5.32 Å². The predicted molar refractivity (Wildman–Crippen MR) is 78.4 cm³/mol. The number of hydrogen-bond donors (Lipinski definition) is 2. The number of benzene rings is 1. The van der Waals surface area contributed by atoms with E-state index in [1.807, 2.05) is 13.8 Å². The van der Waals surface area contributed by atoms with Gasteiger partial charge in [0.25, 0.3) is 5.91 Å². The summed E-state index contributed by atoms with van der Waals surface area (Å²) in [5.41, 5.74) is 0.622. The zero-order chi connectivity index (χ0) is 15.7. The molecule has 0 saturated heterocycles. The van der Waals surface area contributed by atoms with Crippen LogP contribution in [-0.2, 0) is 4.74 Å². The van der Waals surface area contributed by atoms with Crippen LogP contribution in [0.1, 0.15) is 36.2 Å². The van der Waals surface area contributed by atoms with Crippen LogP contribution in [0.15, 0.2) is 18.2 Å². The quantitative estimate of drug-likeness (QED) is 0.620. The molecule has 2 N–H and O–H groups in total. The Bertz CT molecular complexity index is 532. The van der Waals surface area contributed by atoms with Crippen molar-refractivity contribution in [1.29, 1.82) is 0 Å². The lowest BCUT2D eigenvalue weighted by Gasteiger charge is -2.09. The fraction of sp³-hybridized carbons (Fsp3) is 0.438. The average molecular weight is 293 g/mol. The number of aliphatic hydroxyl groups is 1. The molecule has 0 aliphatic heterocycles. The van der Waals surface area contributed by atoms with Gasteiger partial charge in [-0.15, -0.1) is 0 Å². The Morgan fingerprint density at radius 3 is 2.90 bits per heavy atom. The van der Waals surface area contributed by atoms with Crippen molar-refractivity contribution in [3.63, 3.8) is 0 Å². The molecule has 1 rings (SSSR count). The summed E-state index contributed by atoms with van der Waals surface area (Å²) in [7, 11) is 0. The fourth-order valence-corrected chi connectivity index (χ4v) is 1.59. The van der Waals surface area contributed by atoms with Crippen LogP contribution >= 0.6 is 0 Å². The fourth-order valence-electron chi connectivity index (χ4n) is 1.59.